The molecule has 3 atom stereocenters. The van der Waals surface area contributed by atoms with E-state index in [-0.39, 0.29) is 31.5 Å². The van der Waals surface area contributed by atoms with Crippen LogP contribution in [-0.2, 0) is 16.0 Å². The van der Waals surface area contributed by atoms with Crippen molar-refractivity contribution in [2.24, 2.45) is 0 Å². The van der Waals surface area contributed by atoms with E-state index in [9.17, 15) is 19.8 Å². The number of ether oxygens (including phenoxy) is 1. The minimum atomic E-state index is -1.61. The molecule has 0 saturated carbocycles. The van der Waals surface area contributed by atoms with E-state index in [0.717, 1.165) is 5.56 Å². The molecule has 0 aromatic heterocycles. The molecule has 0 spiro atoms. The Hall–Kier alpha value is -2.74. The van der Waals surface area contributed by atoms with Crippen LogP contribution in [0.4, 0.5) is 0 Å². The first-order valence-corrected chi connectivity index (χ1v) is 9.64. The number of aliphatic hydroxyl groups is 2. The van der Waals surface area contributed by atoms with Crippen LogP contribution in [0.25, 0.3) is 0 Å². The molecule has 0 unspecified atom stereocenters. The van der Waals surface area contributed by atoms with Crippen molar-refractivity contribution in [2.45, 2.75) is 30.7 Å². The molecule has 1 fully saturated rings. The third-order valence-electron chi connectivity index (χ3n) is 5.03. The molecule has 7 nitrogen and oxygen atoms in total. The zero-order valence-electron chi connectivity index (χ0n) is 16.1. The fourth-order valence-corrected chi connectivity index (χ4v) is 3.23. The number of aryl methyl sites for hydroxylation is 1. The number of carbonyl (C=O) groups is 2. The number of nitrogens with one attached hydrogen (secondary N) is 2. The van der Waals surface area contributed by atoms with Gasteiger partial charge in [0.05, 0.1) is 13.2 Å². The topological polar surface area (TPSA) is 108 Å². The number of amides is 2. The molecule has 3 rings (SSSR count). The van der Waals surface area contributed by atoms with Gasteiger partial charge in [-0.05, 0) is 24.1 Å². The predicted molar refractivity (Wildman–Crippen MR) is 107 cm³/mol. The van der Waals surface area contributed by atoms with Crippen LogP contribution in [0.3, 0.4) is 0 Å². The molecule has 1 saturated heterocycles. The standard InChI is InChI=1S/C22H26N2O5/c25-19(12-11-16-7-3-1-4-8-16)23-13-18-20(26)22(28,15-29-18)14-24-21(27)17-9-5-2-6-10-17/h1-10,18,20,26,28H,11-15H2,(H,23,25)(H,24,27)/t18-,20+,22-/m1/s1. The zero-order valence-corrected chi connectivity index (χ0v) is 16.1. The van der Waals surface area contributed by atoms with Gasteiger partial charge in [0.1, 0.15) is 17.8 Å². The van der Waals surface area contributed by atoms with Crippen LogP contribution in [-0.4, -0.2) is 59.5 Å². The fourth-order valence-electron chi connectivity index (χ4n) is 3.23. The monoisotopic (exact) mass is 398 g/mol. The van der Waals surface area contributed by atoms with Crippen molar-refractivity contribution in [2.75, 3.05) is 19.7 Å². The maximum absolute atomic E-state index is 12.1. The normalized spacial score (nSPS) is 23.5. The summed E-state index contributed by atoms with van der Waals surface area (Å²) in [5.74, 6) is -0.499. The van der Waals surface area contributed by atoms with Gasteiger partial charge < -0.3 is 25.6 Å². The van der Waals surface area contributed by atoms with Crippen molar-refractivity contribution in [3.05, 3.63) is 71.8 Å². The molecule has 0 radical (unpaired) electrons. The molecule has 2 aromatic rings. The van der Waals surface area contributed by atoms with Crippen molar-refractivity contribution in [1.82, 2.24) is 10.6 Å². The fraction of sp³-hybridized carbons (Fsp3) is 0.364. The average molecular weight is 398 g/mol. The quantitative estimate of drug-likeness (QED) is 0.522. The van der Waals surface area contributed by atoms with Crippen molar-refractivity contribution >= 4 is 11.8 Å². The van der Waals surface area contributed by atoms with Gasteiger partial charge in [-0.1, -0.05) is 48.5 Å². The van der Waals surface area contributed by atoms with Gasteiger partial charge >= 0.3 is 0 Å². The summed E-state index contributed by atoms with van der Waals surface area (Å²) in [5, 5.41) is 26.4. The molecule has 2 aromatic carbocycles. The maximum Gasteiger partial charge on any atom is 0.251 e. The zero-order chi connectivity index (χ0) is 20.7. The molecule has 154 valence electrons. The average Bonchev–Trinajstić information content (AvgIpc) is 3.04. The molecule has 1 heterocycles. The van der Waals surface area contributed by atoms with Crippen LogP contribution < -0.4 is 10.6 Å². The summed E-state index contributed by atoms with van der Waals surface area (Å²) in [6, 6.07) is 18.3. The van der Waals surface area contributed by atoms with Crippen LogP contribution in [0.2, 0.25) is 0 Å². The summed E-state index contributed by atoms with van der Waals surface area (Å²) in [6.45, 7) is -0.197. The third kappa shape index (κ3) is 5.63. The molecular formula is C22H26N2O5. The second kappa shape index (κ2) is 9.65. The Morgan fingerprint density at radius 1 is 1.03 bits per heavy atom. The predicted octanol–water partition coefficient (Wildman–Crippen LogP) is 0.656. The van der Waals surface area contributed by atoms with E-state index >= 15 is 0 Å². The highest BCUT2D eigenvalue weighted by Gasteiger charge is 2.48. The highest BCUT2D eigenvalue weighted by atomic mass is 16.5. The van der Waals surface area contributed by atoms with E-state index in [0.29, 0.717) is 18.4 Å². The van der Waals surface area contributed by atoms with Crippen LogP contribution in [0.5, 0.6) is 0 Å². The highest BCUT2D eigenvalue weighted by molar-refractivity contribution is 5.94. The number of hydrogen-bond donors (Lipinski definition) is 4. The molecule has 29 heavy (non-hydrogen) atoms. The van der Waals surface area contributed by atoms with Crippen LogP contribution >= 0.6 is 0 Å². The van der Waals surface area contributed by atoms with Gasteiger partial charge in [0.15, 0.2) is 0 Å². The minimum absolute atomic E-state index is 0.0870. The van der Waals surface area contributed by atoms with Crippen molar-refractivity contribution < 1.29 is 24.5 Å². The Morgan fingerprint density at radius 2 is 1.69 bits per heavy atom. The molecular weight excluding hydrogens is 372 g/mol. The van der Waals surface area contributed by atoms with Crippen molar-refractivity contribution in [1.29, 1.82) is 0 Å². The van der Waals surface area contributed by atoms with Gasteiger partial charge in [-0.3, -0.25) is 9.59 Å². The first-order valence-electron chi connectivity index (χ1n) is 9.64. The molecule has 0 aliphatic carbocycles. The SMILES string of the molecule is O=C(CCc1ccccc1)NC[C@H]1OC[C@](O)(CNC(=O)c2ccccc2)[C@H]1O. The Balaban J connectivity index is 1.43. The summed E-state index contributed by atoms with van der Waals surface area (Å²) in [4.78, 5) is 24.2. The van der Waals surface area contributed by atoms with E-state index in [4.69, 9.17) is 4.74 Å². The first-order chi connectivity index (χ1) is 14.0. The van der Waals surface area contributed by atoms with Gasteiger partial charge in [-0.2, -0.15) is 0 Å². The lowest BCUT2D eigenvalue weighted by Crippen LogP contribution is -2.53. The van der Waals surface area contributed by atoms with Crippen LogP contribution in [0.15, 0.2) is 60.7 Å². The third-order valence-corrected chi connectivity index (χ3v) is 5.03. The Bertz CT molecular complexity index is 814. The minimum Gasteiger partial charge on any atom is -0.387 e. The number of carbonyl (C=O) groups excluding carboxylic acids is 2. The second-order valence-electron chi connectivity index (χ2n) is 7.24. The Kier molecular flexibility index (Phi) is 6.98. The summed E-state index contributed by atoms with van der Waals surface area (Å²) in [5.41, 5.74) is -0.0702. The molecule has 7 heteroatoms. The number of hydrogen-bond acceptors (Lipinski definition) is 5. The van der Waals surface area contributed by atoms with Crippen molar-refractivity contribution in [3.8, 4) is 0 Å². The first kappa shape index (κ1) is 21.0. The number of aliphatic hydroxyl groups excluding tert-OH is 1. The molecule has 4 N–H and O–H groups in total. The summed E-state index contributed by atoms with van der Waals surface area (Å²) >= 11 is 0. The second-order valence-corrected chi connectivity index (χ2v) is 7.24. The summed E-state index contributed by atoms with van der Waals surface area (Å²) in [7, 11) is 0. The Morgan fingerprint density at radius 3 is 2.38 bits per heavy atom. The number of rotatable bonds is 8. The lowest BCUT2D eigenvalue weighted by Gasteiger charge is -2.26. The maximum atomic E-state index is 12.1. The van der Waals surface area contributed by atoms with E-state index in [1.165, 1.54) is 0 Å². The van der Waals surface area contributed by atoms with Crippen molar-refractivity contribution in [3.63, 3.8) is 0 Å². The van der Waals surface area contributed by atoms with E-state index in [1.54, 1.807) is 30.3 Å². The Labute approximate surface area is 169 Å². The summed E-state index contributed by atoms with van der Waals surface area (Å²) in [6.07, 6.45) is -1.03. The van der Waals surface area contributed by atoms with Gasteiger partial charge in [-0.25, -0.2) is 0 Å². The van der Waals surface area contributed by atoms with E-state index in [2.05, 4.69) is 10.6 Å². The molecule has 2 amide bonds. The van der Waals surface area contributed by atoms with Gasteiger partial charge in [0.2, 0.25) is 5.91 Å². The molecule has 1 aliphatic rings. The van der Waals surface area contributed by atoms with E-state index < -0.39 is 17.8 Å². The summed E-state index contributed by atoms with van der Waals surface area (Å²) < 4.78 is 5.47. The van der Waals surface area contributed by atoms with Crippen LogP contribution in [0.1, 0.15) is 22.3 Å². The molecule has 1 aliphatic heterocycles. The lowest BCUT2D eigenvalue weighted by atomic mass is 9.96. The van der Waals surface area contributed by atoms with Crippen LogP contribution in [0, 0.1) is 0 Å². The van der Waals surface area contributed by atoms with Gasteiger partial charge in [0.25, 0.3) is 5.91 Å². The van der Waals surface area contributed by atoms with Gasteiger partial charge in [0, 0.05) is 18.5 Å². The highest BCUT2D eigenvalue weighted by Crippen LogP contribution is 2.24. The smallest absolute Gasteiger partial charge is 0.251 e. The van der Waals surface area contributed by atoms with Gasteiger partial charge in [-0.15, -0.1) is 0 Å². The lowest BCUT2D eigenvalue weighted by molar-refractivity contribution is -0.121. The number of benzene rings is 2. The molecule has 0 bridgehead atoms. The van der Waals surface area contributed by atoms with E-state index in [1.807, 2.05) is 30.3 Å². The largest absolute Gasteiger partial charge is 0.387 e.